The lowest BCUT2D eigenvalue weighted by atomic mass is 10.1. The summed E-state index contributed by atoms with van der Waals surface area (Å²) in [6.45, 7) is 4.54. The summed E-state index contributed by atoms with van der Waals surface area (Å²) in [4.78, 5) is 27.1. The Morgan fingerprint density at radius 3 is 2.34 bits per heavy atom. The van der Waals surface area contributed by atoms with Crippen LogP contribution >= 0.6 is 0 Å². The summed E-state index contributed by atoms with van der Waals surface area (Å²) < 4.78 is 27.7. The molecule has 0 unspecified atom stereocenters. The normalized spacial score (nSPS) is 18.9. The fourth-order valence-electron chi connectivity index (χ4n) is 4.49. The second-order valence-corrected chi connectivity index (χ2v) is 10.3. The van der Waals surface area contributed by atoms with E-state index in [1.54, 1.807) is 18.2 Å². The molecule has 7 nitrogen and oxygen atoms in total. The van der Waals surface area contributed by atoms with Crippen molar-refractivity contribution in [2.24, 2.45) is 0 Å². The number of carbonyl (C=O) groups excluding carboxylic acids is 2. The van der Waals surface area contributed by atoms with Crippen LogP contribution in [0.4, 0.5) is 11.4 Å². The summed E-state index contributed by atoms with van der Waals surface area (Å²) in [5.74, 6) is -0.544. The maximum absolute atomic E-state index is 13.1. The van der Waals surface area contributed by atoms with Crippen molar-refractivity contribution < 1.29 is 18.0 Å². The topological polar surface area (TPSA) is 86.8 Å². The maximum atomic E-state index is 13.1. The minimum Gasteiger partial charge on any atom is -0.324 e. The molecule has 1 fully saturated rings. The van der Waals surface area contributed by atoms with Crippen molar-refractivity contribution in [3.05, 3.63) is 53.6 Å². The molecule has 0 aromatic heterocycles. The molecule has 2 aromatic carbocycles. The third-order valence-corrected chi connectivity index (χ3v) is 8.15. The summed E-state index contributed by atoms with van der Waals surface area (Å²) >= 11 is 0. The fourth-order valence-corrected chi connectivity index (χ4v) is 6.06. The largest absolute Gasteiger partial charge is 0.324 e. The van der Waals surface area contributed by atoms with Crippen LogP contribution in [0.2, 0.25) is 0 Å². The van der Waals surface area contributed by atoms with Crippen molar-refractivity contribution in [2.45, 2.75) is 56.9 Å². The molecule has 1 saturated heterocycles. The highest BCUT2D eigenvalue weighted by molar-refractivity contribution is 7.89. The van der Waals surface area contributed by atoms with Gasteiger partial charge in [0.15, 0.2) is 0 Å². The molecule has 0 saturated carbocycles. The van der Waals surface area contributed by atoms with E-state index in [0.29, 0.717) is 30.0 Å². The molecule has 4 rings (SSSR count). The van der Waals surface area contributed by atoms with Gasteiger partial charge in [-0.15, -0.1) is 0 Å². The molecule has 2 aliphatic rings. The van der Waals surface area contributed by atoms with Crippen molar-refractivity contribution in [1.82, 2.24) is 4.31 Å². The van der Waals surface area contributed by atoms with Gasteiger partial charge in [-0.05, 0) is 60.7 Å². The lowest BCUT2D eigenvalue weighted by Crippen LogP contribution is -2.44. The van der Waals surface area contributed by atoms with Gasteiger partial charge in [0.25, 0.3) is 0 Å². The van der Waals surface area contributed by atoms with E-state index in [0.717, 1.165) is 25.7 Å². The lowest BCUT2D eigenvalue weighted by molar-refractivity contribution is -0.122. The van der Waals surface area contributed by atoms with Crippen LogP contribution in [0, 0.1) is 0 Å². The van der Waals surface area contributed by atoms with E-state index >= 15 is 0 Å². The SMILES string of the molecule is CCc1ccc(NC(=O)[C@@H]2Cc3cc(S(=O)(=O)N4CCCCC4)ccc3N2C(C)=O)cc1. The van der Waals surface area contributed by atoms with E-state index < -0.39 is 16.1 Å². The Balaban J connectivity index is 1.58. The second kappa shape index (κ2) is 9.03. The Morgan fingerprint density at radius 1 is 1.03 bits per heavy atom. The Hall–Kier alpha value is -2.71. The van der Waals surface area contributed by atoms with Crippen molar-refractivity contribution in [1.29, 1.82) is 0 Å². The van der Waals surface area contributed by atoms with E-state index in [1.165, 1.54) is 21.7 Å². The minimum absolute atomic E-state index is 0.220. The quantitative estimate of drug-likeness (QED) is 0.749. The van der Waals surface area contributed by atoms with Crippen LogP contribution in [0.5, 0.6) is 0 Å². The van der Waals surface area contributed by atoms with E-state index in [2.05, 4.69) is 12.2 Å². The second-order valence-electron chi connectivity index (χ2n) is 8.40. The molecule has 0 aliphatic carbocycles. The first kappa shape index (κ1) is 22.5. The monoisotopic (exact) mass is 455 g/mol. The van der Waals surface area contributed by atoms with Gasteiger partial charge in [-0.1, -0.05) is 25.5 Å². The number of nitrogens with one attached hydrogen (secondary N) is 1. The molecule has 0 spiro atoms. The molecule has 1 atom stereocenters. The number of amides is 2. The van der Waals surface area contributed by atoms with Gasteiger partial charge in [-0.25, -0.2) is 8.42 Å². The Morgan fingerprint density at radius 2 is 1.72 bits per heavy atom. The molecule has 2 aliphatic heterocycles. The van der Waals surface area contributed by atoms with Crippen LogP contribution in [0.15, 0.2) is 47.4 Å². The number of hydrogen-bond acceptors (Lipinski definition) is 4. The van der Waals surface area contributed by atoms with Gasteiger partial charge < -0.3 is 5.32 Å². The number of aryl methyl sites for hydroxylation is 1. The smallest absolute Gasteiger partial charge is 0.247 e. The summed E-state index contributed by atoms with van der Waals surface area (Å²) in [6.07, 6.45) is 3.96. The maximum Gasteiger partial charge on any atom is 0.247 e. The zero-order valence-electron chi connectivity index (χ0n) is 18.5. The third kappa shape index (κ3) is 4.29. The van der Waals surface area contributed by atoms with Crippen LogP contribution in [0.25, 0.3) is 0 Å². The highest BCUT2D eigenvalue weighted by Crippen LogP contribution is 2.35. The lowest BCUT2D eigenvalue weighted by Gasteiger charge is -2.26. The highest BCUT2D eigenvalue weighted by atomic mass is 32.2. The molecular formula is C24H29N3O4S. The van der Waals surface area contributed by atoms with Crippen LogP contribution < -0.4 is 10.2 Å². The number of benzene rings is 2. The molecule has 1 N–H and O–H groups in total. The zero-order chi connectivity index (χ0) is 22.9. The average Bonchev–Trinajstić information content (AvgIpc) is 3.19. The predicted molar refractivity (Wildman–Crippen MR) is 124 cm³/mol. The van der Waals surface area contributed by atoms with Crippen molar-refractivity contribution in [3.63, 3.8) is 0 Å². The summed E-state index contributed by atoms with van der Waals surface area (Å²) in [7, 11) is -3.58. The molecule has 8 heteroatoms. The Labute approximate surface area is 189 Å². The average molecular weight is 456 g/mol. The van der Waals surface area contributed by atoms with Crippen molar-refractivity contribution in [3.8, 4) is 0 Å². The number of nitrogens with zero attached hydrogens (tertiary/aromatic N) is 2. The Bertz CT molecular complexity index is 1120. The van der Waals surface area contributed by atoms with E-state index in [9.17, 15) is 18.0 Å². The molecule has 0 bridgehead atoms. The number of piperidine rings is 1. The molecule has 0 radical (unpaired) electrons. The number of sulfonamides is 1. The van der Waals surface area contributed by atoms with Crippen molar-refractivity contribution in [2.75, 3.05) is 23.3 Å². The van der Waals surface area contributed by atoms with E-state index in [1.807, 2.05) is 24.3 Å². The van der Waals surface area contributed by atoms with Crippen molar-refractivity contribution >= 4 is 33.2 Å². The summed E-state index contributed by atoms with van der Waals surface area (Å²) in [5.41, 5.74) is 3.13. The zero-order valence-corrected chi connectivity index (χ0v) is 19.3. The van der Waals surface area contributed by atoms with Crippen LogP contribution in [-0.2, 0) is 32.5 Å². The number of rotatable bonds is 5. The first-order valence-corrected chi connectivity index (χ1v) is 12.6. The number of fused-ring (bicyclic) bond motifs is 1. The van der Waals surface area contributed by atoms with Crippen LogP contribution in [-0.4, -0.2) is 43.7 Å². The number of hydrogen-bond donors (Lipinski definition) is 1. The van der Waals surface area contributed by atoms with Gasteiger partial charge >= 0.3 is 0 Å². The first-order valence-electron chi connectivity index (χ1n) is 11.1. The molecular weight excluding hydrogens is 426 g/mol. The van der Waals surface area contributed by atoms with Gasteiger partial charge in [0.2, 0.25) is 21.8 Å². The molecule has 2 heterocycles. The predicted octanol–water partition coefficient (Wildman–Crippen LogP) is 3.34. The van der Waals surface area contributed by atoms with Gasteiger partial charge in [0.1, 0.15) is 6.04 Å². The van der Waals surface area contributed by atoms with E-state index in [-0.39, 0.29) is 23.1 Å². The summed E-state index contributed by atoms with van der Waals surface area (Å²) in [6, 6.07) is 11.7. The third-order valence-electron chi connectivity index (χ3n) is 6.26. The molecule has 2 aromatic rings. The summed E-state index contributed by atoms with van der Waals surface area (Å²) in [5, 5.41) is 2.89. The highest BCUT2D eigenvalue weighted by Gasteiger charge is 2.38. The molecule has 32 heavy (non-hydrogen) atoms. The Kier molecular flexibility index (Phi) is 6.35. The number of anilines is 2. The van der Waals surface area contributed by atoms with Gasteiger partial charge in [-0.2, -0.15) is 4.31 Å². The van der Waals surface area contributed by atoms with Gasteiger partial charge in [0, 0.05) is 37.8 Å². The van der Waals surface area contributed by atoms with Gasteiger partial charge in [0.05, 0.1) is 4.90 Å². The molecule has 170 valence electrons. The fraction of sp³-hybridized carbons (Fsp3) is 0.417. The van der Waals surface area contributed by atoms with Crippen LogP contribution in [0.1, 0.15) is 44.2 Å². The standard InChI is InChI=1S/C24H29N3O4S/c1-3-18-7-9-20(10-8-18)25-24(29)23-16-19-15-21(11-12-22(19)27(23)17(2)28)32(30,31)26-13-5-4-6-14-26/h7-12,15,23H,3-6,13-14,16H2,1-2H3,(H,25,29)/t23-/m0/s1. The number of carbonyl (C=O) groups is 2. The van der Waals surface area contributed by atoms with Crippen LogP contribution in [0.3, 0.4) is 0 Å². The first-order chi connectivity index (χ1) is 15.3. The van der Waals surface area contributed by atoms with E-state index in [4.69, 9.17) is 0 Å². The minimum atomic E-state index is -3.58. The molecule has 2 amide bonds. The van der Waals surface area contributed by atoms with Gasteiger partial charge in [-0.3, -0.25) is 14.5 Å².